The molecule has 5 unspecified atom stereocenters. The highest BCUT2D eigenvalue weighted by atomic mass is 19.1. The van der Waals surface area contributed by atoms with Crippen LogP contribution in [0.25, 0.3) is 0 Å². The van der Waals surface area contributed by atoms with Gasteiger partial charge >= 0.3 is 0 Å². The van der Waals surface area contributed by atoms with Crippen molar-refractivity contribution in [1.29, 1.82) is 0 Å². The molecule has 1 aliphatic heterocycles. The lowest BCUT2D eigenvalue weighted by molar-refractivity contribution is -0.128. The zero-order valence-corrected chi connectivity index (χ0v) is 14.3. The van der Waals surface area contributed by atoms with E-state index in [1.165, 1.54) is 24.3 Å². The molecule has 0 radical (unpaired) electrons. The van der Waals surface area contributed by atoms with Crippen molar-refractivity contribution in [1.82, 2.24) is 10.2 Å². The van der Waals surface area contributed by atoms with E-state index in [1.54, 1.807) is 6.92 Å². The Kier molecular flexibility index (Phi) is 5.76. The number of amides is 1. The normalized spacial score (nSPS) is 25.8. The monoisotopic (exact) mass is 322 g/mol. The lowest BCUT2D eigenvalue weighted by atomic mass is 10.0. The van der Waals surface area contributed by atoms with E-state index in [1.807, 2.05) is 6.92 Å². The Morgan fingerprint density at radius 2 is 1.74 bits per heavy atom. The standard InChI is InChI=1S/C18H27FN2O2/c1-11-5-6-12(2)21(11)14(4)18(23)20-13(3)17(22)15-7-9-16(19)10-8-15/h7-14,17,22H,5-6H2,1-4H3,(H,20,23). The van der Waals surface area contributed by atoms with E-state index in [9.17, 15) is 14.3 Å². The molecular weight excluding hydrogens is 295 g/mol. The van der Waals surface area contributed by atoms with Crippen molar-refractivity contribution >= 4 is 5.91 Å². The first-order chi connectivity index (χ1) is 10.8. The SMILES string of the molecule is CC(NC(=O)C(C)N1C(C)CCC1C)C(O)c1ccc(F)cc1. The van der Waals surface area contributed by atoms with E-state index >= 15 is 0 Å². The summed E-state index contributed by atoms with van der Waals surface area (Å²) >= 11 is 0. The molecule has 5 atom stereocenters. The second-order valence-electron chi connectivity index (χ2n) is 6.69. The van der Waals surface area contributed by atoms with Crippen molar-refractivity contribution in [2.75, 3.05) is 0 Å². The van der Waals surface area contributed by atoms with Gasteiger partial charge in [-0.25, -0.2) is 4.39 Å². The van der Waals surface area contributed by atoms with Gasteiger partial charge in [-0.3, -0.25) is 9.69 Å². The summed E-state index contributed by atoms with van der Waals surface area (Å²) in [5, 5.41) is 13.2. The third-order valence-electron chi connectivity index (χ3n) is 4.90. The van der Waals surface area contributed by atoms with Crippen molar-refractivity contribution in [3.8, 4) is 0 Å². The summed E-state index contributed by atoms with van der Waals surface area (Å²) in [4.78, 5) is 14.7. The van der Waals surface area contributed by atoms with Gasteiger partial charge in [0.15, 0.2) is 0 Å². The smallest absolute Gasteiger partial charge is 0.237 e. The number of benzene rings is 1. The average Bonchev–Trinajstić information content (AvgIpc) is 2.85. The number of nitrogens with zero attached hydrogens (tertiary/aromatic N) is 1. The van der Waals surface area contributed by atoms with Gasteiger partial charge in [-0.05, 0) is 58.2 Å². The molecule has 0 aliphatic carbocycles. The van der Waals surface area contributed by atoms with Gasteiger partial charge in [-0.2, -0.15) is 0 Å². The Bertz CT molecular complexity index is 524. The van der Waals surface area contributed by atoms with E-state index in [-0.39, 0.29) is 17.8 Å². The fourth-order valence-electron chi connectivity index (χ4n) is 3.49. The van der Waals surface area contributed by atoms with Crippen LogP contribution in [0.3, 0.4) is 0 Å². The summed E-state index contributed by atoms with van der Waals surface area (Å²) < 4.78 is 13.0. The Morgan fingerprint density at radius 1 is 1.22 bits per heavy atom. The molecule has 2 N–H and O–H groups in total. The van der Waals surface area contributed by atoms with Crippen LogP contribution in [0.4, 0.5) is 4.39 Å². The molecule has 1 heterocycles. The predicted octanol–water partition coefficient (Wildman–Crippen LogP) is 2.63. The van der Waals surface area contributed by atoms with Gasteiger partial charge < -0.3 is 10.4 Å². The first-order valence-electron chi connectivity index (χ1n) is 8.32. The number of aliphatic hydroxyl groups excluding tert-OH is 1. The number of aliphatic hydroxyl groups is 1. The van der Waals surface area contributed by atoms with Crippen LogP contribution in [0, 0.1) is 5.82 Å². The van der Waals surface area contributed by atoms with Crippen LogP contribution in [-0.2, 0) is 4.79 Å². The minimum atomic E-state index is -0.861. The van der Waals surface area contributed by atoms with Crippen molar-refractivity contribution in [2.45, 2.75) is 70.8 Å². The maximum Gasteiger partial charge on any atom is 0.237 e. The number of carbonyl (C=O) groups excluding carboxylic acids is 1. The molecule has 1 fully saturated rings. The zero-order chi connectivity index (χ0) is 17.1. The molecule has 5 heteroatoms. The third-order valence-corrected chi connectivity index (χ3v) is 4.90. The van der Waals surface area contributed by atoms with Crippen LogP contribution in [0.15, 0.2) is 24.3 Å². The Hall–Kier alpha value is -1.46. The van der Waals surface area contributed by atoms with E-state index in [0.717, 1.165) is 12.8 Å². The summed E-state index contributed by atoms with van der Waals surface area (Å²) in [6, 6.07) is 5.81. The number of rotatable bonds is 5. The summed E-state index contributed by atoms with van der Waals surface area (Å²) in [6.07, 6.45) is 1.35. The minimum Gasteiger partial charge on any atom is -0.386 e. The zero-order valence-electron chi connectivity index (χ0n) is 14.3. The molecule has 0 aromatic heterocycles. The lowest BCUT2D eigenvalue weighted by Gasteiger charge is -2.33. The Balaban J connectivity index is 1.97. The number of likely N-dealkylation sites (tertiary alicyclic amines) is 1. The van der Waals surface area contributed by atoms with Crippen LogP contribution in [0.5, 0.6) is 0 Å². The lowest BCUT2D eigenvalue weighted by Crippen LogP contribution is -2.51. The number of halogens is 1. The van der Waals surface area contributed by atoms with Crippen LogP contribution in [-0.4, -0.2) is 40.1 Å². The number of hydrogen-bond acceptors (Lipinski definition) is 3. The van der Waals surface area contributed by atoms with E-state index in [4.69, 9.17) is 0 Å². The number of nitrogens with one attached hydrogen (secondary N) is 1. The topological polar surface area (TPSA) is 52.6 Å². The van der Waals surface area contributed by atoms with Gasteiger partial charge in [0.1, 0.15) is 5.82 Å². The first kappa shape index (κ1) is 17.9. The van der Waals surface area contributed by atoms with Crippen LogP contribution >= 0.6 is 0 Å². The maximum atomic E-state index is 13.0. The van der Waals surface area contributed by atoms with Crippen molar-refractivity contribution in [2.24, 2.45) is 0 Å². The molecule has 1 aliphatic rings. The van der Waals surface area contributed by atoms with E-state index in [2.05, 4.69) is 24.1 Å². The van der Waals surface area contributed by atoms with Gasteiger partial charge in [0.25, 0.3) is 0 Å². The molecule has 1 aromatic carbocycles. The third kappa shape index (κ3) is 4.09. The summed E-state index contributed by atoms with van der Waals surface area (Å²) in [6.45, 7) is 7.95. The molecule has 0 bridgehead atoms. The van der Waals surface area contributed by atoms with Gasteiger partial charge in [-0.1, -0.05) is 12.1 Å². The largest absolute Gasteiger partial charge is 0.386 e. The van der Waals surface area contributed by atoms with Crippen molar-refractivity contribution in [3.05, 3.63) is 35.6 Å². The fraction of sp³-hybridized carbons (Fsp3) is 0.611. The predicted molar refractivity (Wildman–Crippen MR) is 88.4 cm³/mol. The molecular formula is C18H27FN2O2. The van der Waals surface area contributed by atoms with E-state index in [0.29, 0.717) is 17.6 Å². The van der Waals surface area contributed by atoms with Crippen molar-refractivity contribution < 1.29 is 14.3 Å². The van der Waals surface area contributed by atoms with Gasteiger partial charge in [0.05, 0.1) is 18.2 Å². The maximum absolute atomic E-state index is 13.0. The molecule has 4 nitrogen and oxygen atoms in total. The molecule has 0 spiro atoms. The summed E-state index contributed by atoms with van der Waals surface area (Å²) in [7, 11) is 0. The minimum absolute atomic E-state index is 0.0840. The van der Waals surface area contributed by atoms with Crippen LogP contribution in [0.2, 0.25) is 0 Å². The molecule has 1 aromatic rings. The highest BCUT2D eigenvalue weighted by Crippen LogP contribution is 2.26. The molecule has 2 rings (SSSR count). The van der Waals surface area contributed by atoms with Gasteiger partial charge in [0.2, 0.25) is 5.91 Å². The first-order valence-corrected chi connectivity index (χ1v) is 8.32. The Morgan fingerprint density at radius 3 is 2.26 bits per heavy atom. The number of carbonyl (C=O) groups is 1. The molecule has 1 amide bonds. The summed E-state index contributed by atoms with van der Waals surface area (Å²) in [5.41, 5.74) is 0.592. The second-order valence-corrected chi connectivity index (χ2v) is 6.69. The molecule has 0 saturated carbocycles. The van der Waals surface area contributed by atoms with Crippen LogP contribution in [0.1, 0.15) is 52.2 Å². The summed E-state index contributed by atoms with van der Waals surface area (Å²) in [5.74, 6) is -0.428. The Labute approximate surface area is 137 Å². The van der Waals surface area contributed by atoms with Crippen molar-refractivity contribution in [3.63, 3.8) is 0 Å². The second kappa shape index (κ2) is 7.41. The molecule has 23 heavy (non-hydrogen) atoms. The molecule has 128 valence electrons. The highest BCUT2D eigenvalue weighted by molar-refractivity contribution is 5.81. The van der Waals surface area contributed by atoms with E-state index < -0.39 is 12.1 Å². The quantitative estimate of drug-likeness (QED) is 0.876. The van der Waals surface area contributed by atoms with Gasteiger partial charge in [0, 0.05) is 12.1 Å². The van der Waals surface area contributed by atoms with Crippen LogP contribution < -0.4 is 5.32 Å². The number of hydrogen-bond donors (Lipinski definition) is 2. The average molecular weight is 322 g/mol. The molecule has 1 saturated heterocycles. The fourth-order valence-corrected chi connectivity index (χ4v) is 3.49. The van der Waals surface area contributed by atoms with Gasteiger partial charge in [-0.15, -0.1) is 0 Å². The highest BCUT2D eigenvalue weighted by Gasteiger charge is 2.35.